The van der Waals surface area contributed by atoms with Gasteiger partial charge < -0.3 is 10.1 Å². The van der Waals surface area contributed by atoms with E-state index in [9.17, 15) is 4.79 Å². The largest absolute Gasteiger partial charge is 0.374 e. The van der Waals surface area contributed by atoms with Crippen LogP contribution in [0.4, 0.5) is 0 Å². The molecule has 0 spiro atoms. The van der Waals surface area contributed by atoms with Crippen molar-refractivity contribution < 1.29 is 9.53 Å². The third-order valence-corrected chi connectivity index (χ3v) is 7.00. The Balaban J connectivity index is 3.28. The lowest BCUT2D eigenvalue weighted by atomic mass is 9.97. The van der Waals surface area contributed by atoms with Crippen molar-refractivity contribution in [2.45, 2.75) is 175 Å². The molecule has 0 saturated carbocycles. The Morgan fingerprint density at radius 2 is 1.12 bits per heavy atom. The van der Waals surface area contributed by atoms with Gasteiger partial charge in [0.1, 0.15) is 0 Å². The standard InChI is InChI=1S/C31H63NO2/c1-6-7-8-9-10-11-12-13-14-15-16-17-18-19-20-21-22-23-24-30(33)32-27-28-34-31(4,5)26-25-29(2)3/h29H,6-28H2,1-5H3,(H,32,33). The number of ether oxygens (including phenoxy) is 1. The highest BCUT2D eigenvalue weighted by Gasteiger charge is 2.18. The summed E-state index contributed by atoms with van der Waals surface area (Å²) < 4.78 is 5.96. The van der Waals surface area contributed by atoms with Crippen molar-refractivity contribution >= 4 is 5.91 Å². The summed E-state index contributed by atoms with van der Waals surface area (Å²) in [5, 5.41) is 3.01. The highest BCUT2D eigenvalue weighted by Crippen LogP contribution is 2.19. The quantitative estimate of drug-likeness (QED) is 0.125. The first kappa shape index (κ1) is 33.4. The van der Waals surface area contributed by atoms with Gasteiger partial charge in [0.05, 0.1) is 12.2 Å². The molecule has 0 rings (SSSR count). The predicted octanol–water partition coefficient (Wildman–Crippen LogP) is 9.77. The van der Waals surface area contributed by atoms with E-state index in [0.717, 1.165) is 12.8 Å². The van der Waals surface area contributed by atoms with Crippen LogP contribution in [-0.2, 0) is 9.53 Å². The predicted molar refractivity (Wildman–Crippen MR) is 151 cm³/mol. The Morgan fingerprint density at radius 1 is 0.706 bits per heavy atom. The average molecular weight is 482 g/mol. The molecule has 34 heavy (non-hydrogen) atoms. The molecule has 0 saturated heterocycles. The maximum atomic E-state index is 12.0. The van der Waals surface area contributed by atoms with Gasteiger partial charge in [-0.25, -0.2) is 0 Å². The summed E-state index contributed by atoms with van der Waals surface area (Å²) in [4.78, 5) is 12.0. The molecule has 0 aliphatic rings. The average Bonchev–Trinajstić information content (AvgIpc) is 2.80. The van der Waals surface area contributed by atoms with Crippen molar-refractivity contribution in [3.8, 4) is 0 Å². The van der Waals surface area contributed by atoms with Crippen LogP contribution >= 0.6 is 0 Å². The lowest BCUT2D eigenvalue weighted by molar-refractivity contribution is -0.121. The van der Waals surface area contributed by atoms with Gasteiger partial charge in [-0.05, 0) is 39.0 Å². The molecule has 1 N–H and O–H groups in total. The van der Waals surface area contributed by atoms with Crippen LogP contribution in [0.25, 0.3) is 0 Å². The van der Waals surface area contributed by atoms with Crippen LogP contribution in [0, 0.1) is 5.92 Å². The summed E-state index contributed by atoms with van der Waals surface area (Å²) in [5.74, 6) is 0.886. The van der Waals surface area contributed by atoms with E-state index >= 15 is 0 Å². The van der Waals surface area contributed by atoms with E-state index in [4.69, 9.17) is 4.74 Å². The number of amides is 1. The van der Waals surface area contributed by atoms with Gasteiger partial charge in [-0.15, -0.1) is 0 Å². The van der Waals surface area contributed by atoms with E-state index in [2.05, 4.69) is 39.9 Å². The van der Waals surface area contributed by atoms with Crippen LogP contribution in [0.5, 0.6) is 0 Å². The number of carbonyl (C=O) groups is 1. The minimum absolute atomic E-state index is 0.0950. The molecular weight excluding hydrogens is 418 g/mol. The molecule has 0 fully saturated rings. The molecule has 0 atom stereocenters. The minimum Gasteiger partial charge on any atom is -0.374 e. The molecule has 0 bridgehead atoms. The van der Waals surface area contributed by atoms with E-state index in [1.165, 1.54) is 116 Å². The molecule has 0 aromatic rings. The Bertz CT molecular complexity index is 433. The number of rotatable bonds is 26. The zero-order chi connectivity index (χ0) is 25.3. The fraction of sp³-hybridized carbons (Fsp3) is 0.968. The summed E-state index contributed by atoms with van der Waals surface area (Å²) in [5.41, 5.74) is -0.0950. The van der Waals surface area contributed by atoms with Crippen molar-refractivity contribution in [2.24, 2.45) is 5.92 Å². The van der Waals surface area contributed by atoms with E-state index in [-0.39, 0.29) is 11.5 Å². The molecule has 0 radical (unpaired) electrons. The fourth-order valence-electron chi connectivity index (χ4n) is 4.50. The first-order valence-electron chi connectivity index (χ1n) is 15.3. The molecule has 204 valence electrons. The lowest BCUT2D eigenvalue weighted by Crippen LogP contribution is -2.32. The van der Waals surface area contributed by atoms with Crippen LogP contribution in [0.2, 0.25) is 0 Å². The van der Waals surface area contributed by atoms with Crippen molar-refractivity contribution in [3.05, 3.63) is 0 Å². The van der Waals surface area contributed by atoms with Gasteiger partial charge in [0.2, 0.25) is 5.91 Å². The highest BCUT2D eigenvalue weighted by atomic mass is 16.5. The Kier molecular flexibility index (Phi) is 23.7. The molecule has 0 aliphatic carbocycles. The number of hydrogen-bond donors (Lipinski definition) is 1. The van der Waals surface area contributed by atoms with Crippen molar-refractivity contribution in [2.75, 3.05) is 13.2 Å². The summed E-state index contributed by atoms with van der Waals surface area (Å²) in [6, 6.07) is 0. The van der Waals surface area contributed by atoms with Gasteiger partial charge in [-0.2, -0.15) is 0 Å². The second kappa shape index (κ2) is 24.1. The molecule has 1 amide bonds. The molecular formula is C31H63NO2. The van der Waals surface area contributed by atoms with Crippen molar-refractivity contribution in [3.63, 3.8) is 0 Å². The first-order chi connectivity index (χ1) is 16.4. The zero-order valence-electron chi connectivity index (χ0n) is 24.2. The third-order valence-electron chi connectivity index (χ3n) is 7.00. The van der Waals surface area contributed by atoms with Crippen LogP contribution in [-0.4, -0.2) is 24.7 Å². The second-order valence-corrected chi connectivity index (χ2v) is 11.7. The van der Waals surface area contributed by atoms with Crippen LogP contribution < -0.4 is 5.32 Å². The van der Waals surface area contributed by atoms with E-state index in [1.54, 1.807) is 0 Å². The smallest absolute Gasteiger partial charge is 0.220 e. The van der Waals surface area contributed by atoms with Crippen molar-refractivity contribution in [1.29, 1.82) is 0 Å². The van der Waals surface area contributed by atoms with Gasteiger partial charge in [0.15, 0.2) is 0 Å². The number of nitrogens with one attached hydrogen (secondary N) is 1. The molecule has 3 nitrogen and oxygen atoms in total. The Hall–Kier alpha value is -0.570. The van der Waals surface area contributed by atoms with Crippen LogP contribution in [0.15, 0.2) is 0 Å². The summed E-state index contributed by atoms with van der Waals surface area (Å²) in [6.07, 6.45) is 27.7. The van der Waals surface area contributed by atoms with Crippen LogP contribution in [0.1, 0.15) is 169 Å². The fourth-order valence-corrected chi connectivity index (χ4v) is 4.50. The Labute approximate surface area is 215 Å². The Morgan fingerprint density at radius 3 is 1.53 bits per heavy atom. The SMILES string of the molecule is CCCCCCCCCCCCCCCCCCCCC(=O)NCCOC(C)(C)CCC(C)C. The molecule has 3 heteroatoms. The zero-order valence-corrected chi connectivity index (χ0v) is 24.2. The second-order valence-electron chi connectivity index (χ2n) is 11.7. The van der Waals surface area contributed by atoms with Gasteiger partial charge >= 0.3 is 0 Å². The number of unbranched alkanes of at least 4 members (excludes halogenated alkanes) is 17. The van der Waals surface area contributed by atoms with E-state index < -0.39 is 0 Å². The molecule has 0 heterocycles. The third kappa shape index (κ3) is 26.0. The maximum absolute atomic E-state index is 12.0. The van der Waals surface area contributed by atoms with Crippen LogP contribution in [0.3, 0.4) is 0 Å². The van der Waals surface area contributed by atoms with Crippen molar-refractivity contribution in [1.82, 2.24) is 5.32 Å². The number of hydrogen-bond acceptors (Lipinski definition) is 2. The van der Waals surface area contributed by atoms with E-state index in [1.807, 2.05) is 0 Å². The van der Waals surface area contributed by atoms with E-state index in [0.29, 0.717) is 25.5 Å². The summed E-state index contributed by atoms with van der Waals surface area (Å²) in [6.45, 7) is 12.3. The minimum atomic E-state index is -0.0950. The van der Waals surface area contributed by atoms with Gasteiger partial charge in [-0.3, -0.25) is 4.79 Å². The molecule has 0 aromatic carbocycles. The molecule has 0 aromatic heterocycles. The highest BCUT2D eigenvalue weighted by molar-refractivity contribution is 5.75. The monoisotopic (exact) mass is 481 g/mol. The number of carbonyl (C=O) groups excluding carboxylic acids is 1. The lowest BCUT2D eigenvalue weighted by Gasteiger charge is -2.26. The summed E-state index contributed by atoms with van der Waals surface area (Å²) in [7, 11) is 0. The van der Waals surface area contributed by atoms with Gasteiger partial charge in [-0.1, -0.05) is 130 Å². The molecule has 0 unspecified atom stereocenters. The maximum Gasteiger partial charge on any atom is 0.220 e. The molecule has 0 aliphatic heterocycles. The van der Waals surface area contributed by atoms with Gasteiger partial charge in [0, 0.05) is 13.0 Å². The first-order valence-corrected chi connectivity index (χ1v) is 15.3. The summed E-state index contributed by atoms with van der Waals surface area (Å²) >= 11 is 0. The normalized spacial score (nSPS) is 11.9. The van der Waals surface area contributed by atoms with Gasteiger partial charge in [0.25, 0.3) is 0 Å². The topological polar surface area (TPSA) is 38.3 Å².